The maximum absolute atomic E-state index is 12.9. The molecule has 0 aliphatic carbocycles. The van der Waals surface area contributed by atoms with E-state index >= 15 is 0 Å². The van der Waals surface area contributed by atoms with E-state index in [2.05, 4.69) is 10.4 Å². The molecular formula is C18H19N3OS. The highest BCUT2D eigenvalue weighted by Gasteiger charge is 2.44. The lowest BCUT2D eigenvalue weighted by Crippen LogP contribution is -2.44. The lowest BCUT2D eigenvalue weighted by atomic mass is 9.93. The molecule has 0 saturated heterocycles. The van der Waals surface area contributed by atoms with Crippen molar-refractivity contribution in [3.8, 4) is 0 Å². The molecule has 1 atom stereocenters. The molecular weight excluding hydrogens is 306 g/mol. The van der Waals surface area contributed by atoms with Crippen LogP contribution in [0.5, 0.6) is 0 Å². The molecule has 0 bridgehead atoms. The highest BCUT2D eigenvalue weighted by molar-refractivity contribution is 8.13. The Morgan fingerprint density at radius 3 is 2.30 bits per heavy atom. The number of nitrogens with zero attached hydrogens (tertiary/aromatic N) is 2. The third-order valence-corrected chi connectivity index (χ3v) is 4.42. The van der Waals surface area contributed by atoms with Crippen molar-refractivity contribution in [1.82, 2.24) is 5.01 Å². The number of hydrogen-bond acceptors (Lipinski definition) is 4. The molecule has 23 heavy (non-hydrogen) atoms. The van der Waals surface area contributed by atoms with Gasteiger partial charge in [0.05, 0.1) is 5.69 Å². The normalized spacial score (nSPS) is 20.5. The Morgan fingerprint density at radius 2 is 1.70 bits per heavy atom. The van der Waals surface area contributed by atoms with Crippen LogP contribution in [-0.4, -0.2) is 27.9 Å². The van der Waals surface area contributed by atoms with Crippen molar-refractivity contribution in [3.63, 3.8) is 0 Å². The molecule has 2 aromatic carbocycles. The number of carbonyl (C=O) groups is 1. The number of thioether (sulfide) groups is 1. The molecule has 1 heterocycles. The molecule has 1 amide bonds. The predicted molar refractivity (Wildman–Crippen MR) is 96.4 cm³/mol. The maximum Gasteiger partial charge on any atom is 0.275 e. The van der Waals surface area contributed by atoms with Gasteiger partial charge in [0.15, 0.2) is 5.17 Å². The molecule has 4 nitrogen and oxygen atoms in total. The monoisotopic (exact) mass is 325 g/mol. The third-order valence-electron chi connectivity index (χ3n) is 3.79. The fraction of sp³-hybridized carbons (Fsp3) is 0.222. The Kier molecular flexibility index (Phi) is 4.39. The van der Waals surface area contributed by atoms with Crippen LogP contribution in [-0.2, 0) is 11.2 Å². The van der Waals surface area contributed by atoms with Crippen molar-refractivity contribution in [2.45, 2.75) is 18.9 Å². The first kappa shape index (κ1) is 15.6. The van der Waals surface area contributed by atoms with Crippen LogP contribution < -0.4 is 5.43 Å². The van der Waals surface area contributed by atoms with Gasteiger partial charge in [-0.15, -0.1) is 0 Å². The zero-order valence-electron chi connectivity index (χ0n) is 13.2. The van der Waals surface area contributed by atoms with Gasteiger partial charge in [0.1, 0.15) is 5.54 Å². The first-order valence-corrected chi connectivity index (χ1v) is 8.69. The summed E-state index contributed by atoms with van der Waals surface area (Å²) >= 11 is 1.47. The molecule has 5 heteroatoms. The van der Waals surface area contributed by atoms with E-state index < -0.39 is 5.54 Å². The molecule has 1 unspecified atom stereocenters. The van der Waals surface area contributed by atoms with Gasteiger partial charge in [0.25, 0.3) is 5.91 Å². The SMILES string of the molecule is CSC1=NC(C)(Cc2ccccc2)C(=O)N1Nc1ccccc1. The van der Waals surface area contributed by atoms with Crippen molar-refractivity contribution < 1.29 is 4.79 Å². The average Bonchev–Trinajstić information content (AvgIpc) is 2.81. The van der Waals surface area contributed by atoms with Crippen LogP contribution in [0.2, 0.25) is 0 Å². The van der Waals surface area contributed by atoms with Crippen molar-refractivity contribution >= 4 is 28.5 Å². The van der Waals surface area contributed by atoms with Gasteiger partial charge in [-0.2, -0.15) is 5.01 Å². The number of anilines is 1. The maximum atomic E-state index is 12.9. The van der Waals surface area contributed by atoms with Gasteiger partial charge in [0.2, 0.25) is 0 Å². The van der Waals surface area contributed by atoms with Gasteiger partial charge in [-0.3, -0.25) is 10.2 Å². The molecule has 1 N–H and O–H groups in total. The second-order valence-corrected chi connectivity index (χ2v) is 6.43. The van der Waals surface area contributed by atoms with E-state index in [1.54, 1.807) is 5.01 Å². The molecule has 0 radical (unpaired) electrons. The highest BCUT2D eigenvalue weighted by Crippen LogP contribution is 2.30. The number of amidine groups is 1. The third kappa shape index (κ3) is 3.24. The average molecular weight is 325 g/mol. The van der Waals surface area contributed by atoms with Crippen LogP contribution >= 0.6 is 11.8 Å². The Morgan fingerprint density at radius 1 is 1.09 bits per heavy atom. The zero-order valence-corrected chi connectivity index (χ0v) is 14.0. The fourth-order valence-electron chi connectivity index (χ4n) is 2.62. The van der Waals surface area contributed by atoms with Crippen LogP contribution in [0.1, 0.15) is 12.5 Å². The molecule has 0 saturated carbocycles. The summed E-state index contributed by atoms with van der Waals surface area (Å²) < 4.78 is 0. The van der Waals surface area contributed by atoms with Gasteiger partial charge >= 0.3 is 0 Å². The number of hydrazine groups is 1. The standard InChI is InChI=1S/C18H19N3OS/c1-18(13-14-9-5-3-6-10-14)16(22)21(17(19-18)23-2)20-15-11-7-4-8-12-15/h3-12,20H,13H2,1-2H3. The first-order valence-electron chi connectivity index (χ1n) is 7.46. The number of aliphatic imine (C=N–C) groups is 1. The molecule has 1 aliphatic heterocycles. The number of benzene rings is 2. The topological polar surface area (TPSA) is 44.7 Å². The number of hydrogen-bond donors (Lipinski definition) is 1. The summed E-state index contributed by atoms with van der Waals surface area (Å²) in [4.78, 5) is 17.6. The smallest absolute Gasteiger partial charge is 0.275 e. The summed E-state index contributed by atoms with van der Waals surface area (Å²) in [6.45, 7) is 1.89. The van der Waals surface area contributed by atoms with Gasteiger partial charge in [-0.25, -0.2) is 4.99 Å². The fourth-order valence-corrected chi connectivity index (χ4v) is 3.23. The molecule has 0 spiro atoms. The minimum Gasteiger partial charge on any atom is -0.289 e. The van der Waals surface area contributed by atoms with E-state index in [9.17, 15) is 4.79 Å². The minimum absolute atomic E-state index is 0.0328. The molecule has 1 aliphatic rings. The summed E-state index contributed by atoms with van der Waals surface area (Å²) in [7, 11) is 0. The van der Waals surface area contributed by atoms with Gasteiger partial charge < -0.3 is 0 Å². The predicted octanol–water partition coefficient (Wildman–Crippen LogP) is 3.58. The Bertz CT molecular complexity index is 718. The van der Waals surface area contributed by atoms with E-state index in [-0.39, 0.29) is 5.91 Å². The molecule has 0 aromatic heterocycles. The van der Waals surface area contributed by atoms with E-state index in [1.807, 2.05) is 73.8 Å². The number of carbonyl (C=O) groups excluding carboxylic acids is 1. The van der Waals surface area contributed by atoms with E-state index in [0.29, 0.717) is 11.6 Å². The molecule has 2 aromatic rings. The summed E-state index contributed by atoms with van der Waals surface area (Å²) in [6.07, 6.45) is 2.52. The molecule has 3 rings (SSSR count). The van der Waals surface area contributed by atoms with Crippen molar-refractivity contribution in [3.05, 3.63) is 66.2 Å². The van der Waals surface area contributed by atoms with Crippen molar-refractivity contribution in [2.75, 3.05) is 11.7 Å². The van der Waals surface area contributed by atoms with Crippen LogP contribution in [0.25, 0.3) is 0 Å². The minimum atomic E-state index is -0.776. The van der Waals surface area contributed by atoms with Crippen LogP contribution in [0.3, 0.4) is 0 Å². The lowest BCUT2D eigenvalue weighted by Gasteiger charge is -2.23. The number of nitrogens with one attached hydrogen (secondary N) is 1. The Labute approximate surface area is 140 Å². The van der Waals surface area contributed by atoms with E-state index in [0.717, 1.165) is 11.3 Å². The number of amides is 1. The summed E-state index contributed by atoms with van der Waals surface area (Å²) in [5, 5.41) is 2.25. The summed E-state index contributed by atoms with van der Waals surface area (Å²) in [5.41, 5.74) is 4.36. The lowest BCUT2D eigenvalue weighted by molar-refractivity contribution is -0.129. The summed E-state index contributed by atoms with van der Waals surface area (Å²) in [5.74, 6) is -0.0328. The summed E-state index contributed by atoms with van der Waals surface area (Å²) in [6, 6.07) is 19.7. The van der Waals surface area contributed by atoms with E-state index in [4.69, 9.17) is 0 Å². The Hall–Kier alpha value is -2.27. The molecule has 118 valence electrons. The second-order valence-electron chi connectivity index (χ2n) is 5.65. The van der Waals surface area contributed by atoms with Crippen molar-refractivity contribution in [2.24, 2.45) is 4.99 Å². The van der Waals surface area contributed by atoms with Crippen LogP contribution in [0, 0.1) is 0 Å². The number of rotatable bonds is 4. The largest absolute Gasteiger partial charge is 0.289 e. The van der Waals surface area contributed by atoms with Crippen LogP contribution in [0.4, 0.5) is 5.69 Å². The van der Waals surface area contributed by atoms with Gasteiger partial charge in [-0.1, -0.05) is 60.3 Å². The van der Waals surface area contributed by atoms with E-state index in [1.165, 1.54) is 11.8 Å². The van der Waals surface area contributed by atoms with Gasteiger partial charge in [0, 0.05) is 6.42 Å². The highest BCUT2D eigenvalue weighted by atomic mass is 32.2. The number of para-hydroxylation sites is 1. The Balaban J connectivity index is 1.84. The quantitative estimate of drug-likeness (QED) is 0.934. The van der Waals surface area contributed by atoms with Crippen LogP contribution in [0.15, 0.2) is 65.7 Å². The first-order chi connectivity index (χ1) is 11.1. The van der Waals surface area contributed by atoms with Crippen molar-refractivity contribution in [1.29, 1.82) is 0 Å². The molecule has 0 fully saturated rings. The van der Waals surface area contributed by atoms with Gasteiger partial charge in [-0.05, 0) is 30.9 Å². The second kappa shape index (κ2) is 6.46. The zero-order chi connectivity index (χ0) is 16.3.